The molecule has 0 aromatic heterocycles. The number of likely N-dealkylation sites (N-methyl/N-ethyl adjacent to an activating group) is 1. The summed E-state index contributed by atoms with van der Waals surface area (Å²) in [5.74, 6) is 0. The van der Waals surface area contributed by atoms with Crippen molar-refractivity contribution in [2.24, 2.45) is 0 Å². The van der Waals surface area contributed by atoms with Gasteiger partial charge in [-0.3, -0.25) is 4.90 Å². The molecular weight excluding hydrogens is 799 g/mol. The van der Waals surface area contributed by atoms with Crippen molar-refractivity contribution in [3.63, 3.8) is 0 Å². The van der Waals surface area contributed by atoms with E-state index in [1.54, 1.807) is 0 Å². The van der Waals surface area contributed by atoms with Gasteiger partial charge in [-0.15, -0.1) is 0 Å². The van der Waals surface area contributed by atoms with Gasteiger partial charge in [0.15, 0.2) is 0 Å². The molecule has 0 heterocycles. The fourth-order valence-electron chi connectivity index (χ4n) is 8.16. The third kappa shape index (κ3) is 51.4. The SMILES string of the molecule is CCCCCCCC/C=C\C/C=C\CCCC(O)CNCCN(C)CCN(CC(O)CCC/C=C\C/C=C\CCCCCCCC)CC(O)CCC/C=C\C/C=C\CCCCCCCC. The molecular formula is C59H111N3O3. The molecule has 0 aliphatic rings. The first kappa shape index (κ1) is 63.2. The fraction of sp³-hybridized carbons (Fsp3) is 0.797. The monoisotopic (exact) mass is 910 g/mol. The molecule has 0 aromatic carbocycles. The zero-order valence-corrected chi connectivity index (χ0v) is 43.7. The van der Waals surface area contributed by atoms with Crippen LogP contribution in [0.15, 0.2) is 72.9 Å². The number of hydrogen-bond donors (Lipinski definition) is 4. The largest absolute Gasteiger partial charge is 0.392 e. The highest BCUT2D eigenvalue weighted by molar-refractivity contribution is 4.94. The molecule has 0 spiro atoms. The first-order chi connectivity index (χ1) is 31.9. The van der Waals surface area contributed by atoms with Crippen LogP contribution in [0, 0.1) is 0 Å². The van der Waals surface area contributed by atoms with Gasteiger partial charge in [0.2, 0.25) is 0 Å². The second-order valence-corrected chi connectivity index (χ2v) is 19.2. The van der Waals surface area contributed by atoms with Crippen LogP contribution < -0.4 is 5.32 Å². The Bertz CT molecular complexity index is 1060. The molecule has 0 amide bonds. The van der Waals surface area contributed by atoms with Crippen LogP contribution in [0.3, 0.4) is 0 Å². The minimum absolute atomic E-state index is 0.316. The van der Waals surface area contributed by atoms with Crippen molar-refractivity contribution in [3.05, 3.63) is 72.9 Å². The first-order valence-corrected chi connectivity index (χ1v) is 28.0. The summed E-state index contributed by atoms with van der Waals surface area (Å²) >= 11 is 0. The standard InChI is InChI=1S/C59H111N3O3/c1-5-8-11-14-17-20-23-26-29-32-35-38-41-44-47-57(63)54-60-50-51-61(4)52-53-62(55-58(64)48-45-42-39-36-33-30-27-24-21-18-15-12-9-6-2)56-59(65)49-46-43-40-37-34-31-28-25-22-19-16-13-10-7-3/h26-31,35-40,57-60,63-65H,5-25,32-34,41-56H2,1-4H3/b29-26-,30-27-,31-28-,38-35-,39-36-,40-37-. The summed E-state index contributed by atoms with van der Waals surface area (Å²) in [6.45, 7) is 12.0. The molecule has 65 heavy (non-hydrogen) atoms. The van der Waals surface area contributed by atoms with Crippen LogP contribution in [-0.2, 0) is 0 Å². The Morgan fingerprint density at radius 2 is 0.692 bits per heavy atom. The van der Waals surface area contributed by atoms with E-state index in [2.05, 4.69) is 116 Å². The van der Waals surface area contributed by atoms with E-state index in [0.717, 1.165) is 103 Å². The van der Waals surface area contributed by atoms with Gasteiger partial charge in [0.25, 0.3) is 0 Å². The topological polar surface area (TPSA) is 79.2 Å². The fourth-order valence-corrected chi connectivity index (χ4v) is 8.16. The number of nitrogens with zero attached hydrogens (tertiary/aromatic N) is 2. The molecule has 0 aromatic rings. The van der Waals surface area contributed by atoms with Crippen molar-refractivity contribution in [2.45, 2.75) is 251 Å². The van der Waals surface area contributed by atoms with E-state index in [4.69, 9.17) is 0 Å². The Balaban J connectivity index is 4.56. The van der Waals surface area contributed by atoms with Crippen molar-refractivity contribution < 1.29 is 15.3 Å². The Labute approximate surface area is 405 Å². The molecule has 3 atom stereocenters. The smallest absolute Gasteiger partial charge is 0.0667 e. The highest BCUT2D eigenvalue weighted by Gasteiger charge is 2.16. The third-order valence-electron chi connectivity index (χ3n) is 12.5. The predicted octanol–water partition coefficient (Wildman–Crippen LogP) is 15.2. The van der Waals surface area contributed by atoms with Crippen molar-refractivity contribution in [2.75, 3.05) is 52.9 Å². The number of aliphatic hydroxyl groups is 3. The lowest BCUT2D eigenvalue weighted by Crippen LogP contribution is -2.43. The van der Waals surface area contributed by atoms with E-state index in [1.807, 2.05) is 0 Å². The van der Waals surface area contributed by atoms with E-state index in [1.165, 1.54) is 135 Å². The van der Waals surface area contributed by atoms with Gasteiger partial charge >= 0.3 is 0 Å². The molecule has 0 saturated heterocycles. The third-order valence-corrected chi connectivity index (χ3v) is 12.5. The molecule has 0 bridgehead atoms. The van der Waals surface area contributed by atoms with Crippen LogP contribution in [0.1, 0.15) is 233 Å². The maximum absolute atomic E-state index is 11.1. The highest BCUT2D eigenvalue weighted by atomic mass is 16.3. The van der Waals surface area contributed by atoms with Crippen LogP contribution in [0.2, 0.25) is 0 Å². The van der Waals surface area contributed by atoms with E-state index in [0.29, 0.717) is 19.6 Å². The van der Waals surface area contributed by atoms with E-state index < -0.39 is 12.2 Å². The summed E-state index contributed by atoms with van der Waals surface area (Å²) < 4.78 is 0. The molecule has 4 N–H and O–H groups in total. The number of nitrogens with one attached hydrogen (secondary N) is 1. The minimum atomic E-state index is -0.398. The molecule has 0 aliphatic carbocycles. The Hall–Kier alpha value is -1.80. The second kappa shape index (κ2) is 53.2. The number of allylic oxidation sites excluding steroid dienone is 12. The first-order valence-electron chi connectivity index (χ1n) is 28.0. The summed E-state index contributed by atoms with van der Waals surface area (Å²) in [7, 11) is 2.14. The Morgan fingerprint density at radius 1 is 0.369 bits per heavy atom. The number of unbranched alkanes of at least 4 members (excludes halogenated alkanes) is 21. The quantitative estimate of drug-likeness (QED) is 0.0360. The average molecular weight is 911 g/mol. The van der Waals surface area contributed by atoms with Crippen molar-refractivity contribution >= 4 is 0 Å². The van der Waals surface area contributed by atoms with Gasteiger partial charge in [-0.25, -0.2) is 0 Å². The van der Waals surface area contributed by atoms with Gasteiger partial charge < -0.3 is 25.5 Å². The van der Waals surface area contributed by atoms with Crippen LogP contribution in [-0.4, -0.2) is 96.3 Å². The van der Waals surface area contributed by atoms with E-state index >= 15 is 0 Å². The summed E-state index contributed by atoms with van der Waals surface area (Å²) in [5, 5.41) is 36.1. The van der Waals surface area contributed by atoms with Gasteiger partial charge in [0, 0.05) is 45.8 Å². The highest BCUT2D eigenvalue weighted by Crippen LogP contribution is 2.12. The molecule has 6 nitrogen and oxygen atoms in total. The Morgan fingerprint density at radius 3 is 1.06 bits per heavy atom. The summed E-state index contributed by atoms with van der Waals surface area (Å²) in [5.41, 5.74) is 0. The second-order valence-electron chi connectivity index (χ2n) is 19.2. The van der Waals surface area contributed by atoms with Crippen molar-refractivity contribution in [1.29, 1.82) is 0 Å². The van der Waals surface area contributed by atoms with Crippen LogP contribution >= 0.6 is 0 Å². The van der Waals surface area contributed by atoms with Gasteiger partial charge in [0.05, 0.1) is 18.3 Å². The van der Waals surface area contributed by atoms with E-state index in [9.17, 15) is 15.3 Å². The maximum atomic E-state index is 11.1. The lowest BCUT2D eigenvalue weighted by Gasteiger charge is -2.29. The molecule has 0 radical (unpaired) electrons. The molecule has 0 rings (SSSR count). The predicted molar refractivity (Wildman–Crippen MR) is 289 cm³/mol. The minimum Gasteiger partial charge on any atom is -0.392 e. The number of aliphatic hydroxyl groups excluding tert-OH is 3. The van der Waals surface area contributed by atoms with Crippen LogP contribution in [0.4, 0.5) is 0 Å². The Kier molecular flexibility index (Phi) is 51.7. The average Bonchev–Trinajstić information content (AvgIpc) is 3.29. The summed E-state index contributed by atoms with van der Waals surface area (Å²) in [6, 6.07) is 0. The maximum Gasteiger partial charge on any atom is 0.0667 e. The molecule has 0 aliphatic heterocycles. The zero-order valence-electron chi connectivity index (χ0n) is 43.7. The van der Waals surface area contributed by atoms with Gasteiger partial charge in [-0.1, -0.05) is 190 Å². The van der Waals surface area contributed by atoms with Crippen LogP contribution in [0.25, 0.3) is 0 Å². The number of rotatable bonds is 51. The van der Waals surface area contributed by atoms with Gasteiger partial charge in [0.1, 0.15) is 0 Å². The lowest BCUT2D eigenvalue weighted by molar-refractivity contribution is 0.0571. The van der Waals surface area contributed by atoms with Gasteiger partial charge in [-0.05, 0) is 123 Å². The number of hydrogen-bond acceptors (Lipinski definition) is 6. The summed E-state index contributed by atoms with van der Waals surface area (Å²) in [6.07, 6.45) is 65.6. The van der Waals surface area contributed by atoms with Crippen molar-refractivity contribution in [1.82, 2.24) is 15.1 Å². The lowest BCUT2D eigenvalue weighted by atomic mass is 10.1. The normalized spacial score (nSPS) is 14.2. The van der Waals surface area contributed by atoms with Crippen molar-refractivity contribution in [3.8, 4) is 0 Å². The molecule has 6 heteroatoms. The molecule has 0 fully saturated rings. The van der Waals surface area contributed by atoms with E-state index in [-0.39, 0.29) is 6.10 Å². The molecule has 0 saturated carbocycles. The van der Waals surface area contributed by atoms with Gasteiger partial charge in [-0.2, -0.15) is 0 Å². The van der Waals surface area contributed by atoms with Crippen LogP contribution in [0.5, 0.6) is 0 Å². The molecule has 380 valence electrons. The zero-order chi connectivity index (χ0) is 47.4. The molecule has 3 unspecified atom stereocenters. The summed E-state index contributed by atoms with van der Waals surface area (Å²) in [4.78, 5) is 4.59.